The van der Waals surface area contributed by atoms with Crippen LogP contribution in [0, 0.1) is 0 Å². The highest BCUT2D eigenvalue weighted by Crippen LogP contribution is 2.38. The zero-order chi connectivity index (χ0) is 31.6. The monoisotopic (exact) mass is 624 g/mol. The molecule has 4 rings (SSSR count). The van der Waals surface area contributed by atoms with E-state index in [2.05, 4.69) is 10.0 Å². The second kappa shape index (κ2) is 12.7. The van der Waals surface area contributed by atoms with Gasteiger partial charge in [-0.15, -0.1) is 11.8 Å². The molecule has 4 N–H and O–H groups in total. The summed E-state index contributed by atoms with van der Waals surface area (Å²) in [6.45, 7) is 9.18. The molecule has 1 heterocycles. The van der Waals surface area contributed by atoms with Gasteiger partial charge in [0.25, 0.3) is 5.91 Å². The van der Waals surface area contributed by atoms with Crippen LogP contribution < -0.4 is 25.4 Å². The van der Waals surface area contributed by atoms with Crippen LogP contribution in [0.25, 0.3) is 11.1 Å². The molecule has 0 saturated heterocycles. The molecule has 1 aliphatic heterocycles. The largest absolute Gasteiger partial charge is 0.497 e. The number of ether oxygens (including phenoxy) is 1. The number of benzene rings is 3. The van der Waals surface area contributed by atoms with Crippen molar-refractivity contribution in [3.8, 4) is 16.9 Å². The maximum atomic E-state index is 13.9. The Hall–Kier alpha value is -3.38. The van der Waals surface area contributed by atoms with Crippen molar-refractivity contribution in [3.63, 3.8) is 0 Å². The van der Waals surface area contributed by atoms with Crippen molar-refractivity contribution < 1.29 is 22.7 Å². The summed E-state index contributed by atoms with van der Waals surface area (Å²) in [5.41, 5.74) is 7.58. The fourth-order valence-electron chi connectivity index (χ4n) is 4.81. The average molecular weight is 625 g/mol. The second-order valence-corrected chi connectivity index (χ2v) is 15.1. The van der Waals surface area contributed by atoms with Gasteiger partial charge in [0.1, 0.15) is 11.8 Å². The van der Waals surface area contributed by atoms with Crippen LogP contribution in [0.5, 0.6) is 5.75 Å². The molecule has 0 saturated carbocycles. The second-order valence-electron chi connectivity index (χ2n) is 12.4. The maximum Gasteiger partial charge on any atom is 0.250 e. The Morgan fingerprint density at radius 2 is 1.72 bits per heavy atom. The van der Waals surface area contributed by atoms with Crippen LogP contribution in [-0.2, 0) is 26.2 Å². The number of hydrogen-bond donors (Lipinski definition) is 3. The lowest BCUT2D eigenvalue weighted by Crippen LogP contribution is -2.51. The number of nitrogens with two attached hydrogens (primary N) is 1. The minimum Gasteiger partial charge on any atom is -0.497 e. The van der Waals surface area contributed by atoms with E-state index in [9.17, 15) is 18.0 Å². The van der Waals surface area contributed by atoms with Crippen LogP contribution in [0.4, 0.5) is 5.69 Å². The molecule has 9 nitrogen and oxygen atoms in total. The van der Waals surface area contributed by atoms with Crippen LogP contribution in [0.1, 0.15) is 46.6 Å². The summed E-state index contributed by atoms with van der Waals surface area (Å²) in [5.74, 6) is 0.520. The summed E-state index contributed by atoms with van der Waals surface area (Å²) in [7, 11) is -2.17. The van der Waals surface area contributed by atoms with Gasteiger partial charge in [0.05, 0.1) is 24.2 Å². The molecule has 0 aliphatic carbocycles. The molecule has 0 aromatic heterocycles. The van der Waals surface area contributed by atoms with E-state index < -0.39 is 27.1 Å². The molecule has 2 amide bonds. The minimum atomic E-state index is -3.77. The minimum absolute atomic E-state index is 0.0894. The Kier molecular flexibility index (Phi) is 9.60. The van der Waals surface area contributed by atoms with Crippen LogP contribution in [0.15, 0.2) is 76.5 Å². The van der Waals surface area contributed by atoms with Gasteiger partial charge < -0.3 is 20.7 Å². The SMILES string of the molecule is COc1ccc2c(c1)SC[C@@H](NC(=O)CC(C)(C)N)C(=O)N2Cc1ccc(-c2ccccc2S(=O)(=O)NC(C)(C)C)cc1. The number of carbonyl (C=O) groups is 2. The van der Waals surface area contributed by atoms with E-state index in [1.165, 1.54) is 11.8 Å². The first kappa shape index (κ1) is 32.5. The quantitative estimate of drug-likeness (QED) is 0.315. The number of nitrogens with one attached hydrogen (secondary N) is 2. The zero-order valence-corrected chi connectivity index (χ0v) is 27.1. The van der Waals surface area contributed by atoms with Crippen molar-refractivity contribution >= 4 is 39.3 Å². The molecule has 230 valence electrons. The summed E-state index contributed by atoms with van der Waals surface area (Å²) in [5, 5.41) is 2.89. The Labute approximate surface area is 258 Å². The Morgan fingerprint density at radius 1 is 1.05 bits per heavy atom. The van der Waals surface area contributed by atoms with Crippen molar-refractivity contribution in [2.45, 2.75) is 74.5 Å². The summed E-state index contributed by atoms with van der Waals surface area (Å²) in [4.78, 5) is 29.4. The number of hydrogen-bond acceptors (Lipinski definition) is 7. The Bertz CT molecular complexity index is 1590. The van der Waals surface area contributed by atoms with Gasteiger partial charge in [0.2, 0.25) is 15.9 Å². The third kappa shape index (κ3) is 8.38. The lowest BCUT2D eigenvalue weighted by Gasteiger charge is -2.27. The first-order valence-electron chi connectivity index (χ1n) is 14.0. The van der Waals surface area contributed by atoms with Crippen molar-refractivity contribution in [2.75, 3.05) is 17.8 Å². The van der Waals surface area contributed by atoms with Gasteiger partial charge in [0.15, 0.2) is 0 Å². The molecule has 1 atom stereocenters. The molecule has 0 radical (unpaired) electrons. The van der Waals surface area contributed by atoms with Crippen LogP contribution in [-0.4, -0.2) is 50.2 Å². The van der Waals surface area contributed by atoms with Gasteiger partial charge in [-0.25, -0.2) is 13.1 Å². The lowest BCUT2D eigenvalue weighted by molar-refractivity contribution is -0.127. The molecule has 11 heteroatoms. The van der Waals surface area contributed by atoms with Crippen LogP contribution >= 0.6 is 11.8 Å². The van der Waals surface area contributed by atoms with Gasteiger partial charge in [-0.3, -0.25) is 9.59 Å². The summed E-state index contributed by atoms with van der Waals surface area (Å²) in [6.07, 6.45) is 0.0894. The van der Waals surface area contributed by atoms with Gasteiger partial charge in [-0.1, -0.05) is 42.5 Å². The van der Waals surface area contributed by atoms with Gasteiger partial charge in [-0.2, -0.15) is 0 Å². The maximum absolute atomic E-state index is 13.9. The third-order valence-electron chi connectivity index (χ3n) is 6.60. The zero-order valence-electron chi connectivity index (χ0n) is 25.4. The normalized spacial score (nSPS) is 15.9. The lowest BCUT2D eigenvalue weighted by atomic mass is 10.0. The van der Waals surface area contributed by atoms with E-state index in [-0.39, 0.29) is 29.7 Å². The molecule has 0 unspecified atom stereocenters. The molecule has 1 aliphatic rings. The highest BCUT2D eigenvalue weighted by Gasteiger charge is 2.33. The molecular formula is C32H40N4O5S2. The first-order valence-corrected chi connectivity index (χ1v) is 16.5. The average Bonchev–Trinajstić information content (AvgIpc) is 3.03. The molecule has 0 spiro atoms. The summed E-state index contributed by atoms with van der Waals surface area (Å²) < 4.78 is 34.5. The summed E-state index contributed by atoms with van der Waals surface area (Å²) >= 11 is 1.48. The number of anilines is 1. The van der Waals surface area contributed by atoms with E-state index >= 15 is 0 Å². The van der Waals surface area contributed by atoms with Crippen molar-refractivity contribution in [2.24, 2.45) is 5.73 Å². The topological polar surface area (TPSA) is 131 Å². The highest BCUT2D eigenvalue weighted by atomic mass is 32.2. The van der Waals surface area contributed by atoms with E-state index in [0.29, 0.717) is 17.1 Å². The number of methoxy groups -OCH3 is 1. The van der Waals surface area contributed by atoms with E-state index in [0.717, 1.165) is 21.7 Å². The molecule has 43 heavy (non-hydrogen) atoms. The van der Waals surface area contributed by atoms with Crippen molar-refractivity contribution in [1.29, 1.82) is 0 Å². The van der Waals surface area contributed by atoms with Crippen LogP contribution in [0.3, 0.4) is 0 Å². The van der Waals surface area contributed by atoms with Crippen molar-refractivity contribution in [3.05, 3.63) is 72.3 Å². The first-order chi connectivity index (χ1) is 20.1. The third-order valence-corrected chi connectivity index (χ3v) is 9.56. The fraction of sp³-hybridized carbons (Fsp3) is 0.375. The number of rotatable bonds is 9. The molecule has 3 aromatic rings. The number of sulfonamides is 1. The number of nitrogens with zero attached hydrogens (tertiary/aromatic N) is 1. The Morgan fingerprint density at radius 3 is 2.35 bits per heavy atom. The smallest absolute Gasteiger partial charge is 0.250 e. The molecule has 3 aromatic carbocycles. The highest BCUT2D eigenvalue weighted by molar-refractivity contribution is 7.99. The fourth-order valence-corrected chi connectivity index (χ4v) is 7.55. The number of thioether (sulfide) groups is 1. The molecule has 0 fully saturated rings. The van der Waals surface area contributed by atoms with E-state index in [1.807, 2.05) is 42.5 Å². The predicted molar refractivity (Wildman–Crippen MR) is 172 cm³/mol. The van der Waals surface area contributed by atoms with Crippen molar-refractivity contribution in [1.82, 2.24) is 10.0 Å². The standard InChI is InChI=1S/C32H40N4O5S2/c1-31(2,3)35-43(39,40)28-10-8-7-9-24(28)22-13-11-21(12-14-22)19-36-26-16-15-23(41-6)17-27(26)42-20-25(30(36)38)34-29(37)18-32(4,5)33/h7-17,25,35H,18-20,33H2,1-6H3,(H,34,37)/t25-/m1/s1. The summed E-state index contributed by atoms with van der Waals surface area (Å²) in [6, 6.07) is 19.2. The van der Waals surface area contributed by atoms with E-state index in [1.54, 1.807) is 70.9 Å². The van der Waals surface area contributed by atoms with Gasteiger partial charge in [0, 0.05) is 33.7 Å². The number of carbonyl (C=O) groups excluding carboxylic acids is 2. The molecular weight excluding hydrogens is 585 g/mol. The van der Waals surface area contributed by atoms with Crippen LogP contribution in [0.2, 0.25) is 0 Å². The number of amides is 2. The number of fused-ring (bicyclic) bond motifs is 1. The van der Waals surface area contributed by atoms with Gasteiger partial charge >= 0.3 is 0 Å². The molecule has 0 bridgehead atoms. The Balaban J connectivity index is 1.64. The van der Waals surface area contributed by atoms with E-state index in [4.69, 9.17) is 10.5 Å². The predicted octanol–water partition coefficient (Wildman–Crippen LogP) is 4.69. The van der Waals surface area contributed by atoms with Gasteiger partial charge in [-0.05, 0) is 70.0 Å².